The minimum absolute atomic E-state index is 0.00581. The third kappa shape index (κ3) is 4.29. The van der Waals surface area contributed by atoms with Gasteiger partial charge in [0, 0.05) is 11.1 Å². The number of carbonyl (C=O) groups is 2. The van der Waals surface area contributed by atoms with E-state index in [1.807, 2.05) is 6.92 Å². The van der Waals surface area contributed by atoms with Crippen molar-refractivity contribution in [1.29, 1.82) is 0 Å². The summed E-state index contributed by atoms with van der Waals surface area (Å²) in [7, 11) is 1.47. The lowest BCUT2D eigenvalue weighted by molar-refractivity contribution is 0.0500. The zero-order valence-electron chi connectivity index (χ0n) is 17.5. The molecule has 0 atom stereocenters. The molecule has 2 aromatic carbocycles. The highest BCUT2D eigenvalue weighted by atomic mass is 16.5. The minimum Gasteiger partial charge on any atom is -0.507 e. The summed E-state index contributed by atoms with van der Waals surface area (Å²) in [6.07, 6.45) is 0.657. The molecular formula is C22H26O7. The number of hydrogen-bond acceptors (Lipinski definition) is 7. The predicted octanol–water partition coefficient (Wildman–Crippen LogP) is 4.13. The summed E-state index contributed by atoms with van der Waals surface area (Å²) in [4.78, 5) is 25.0. The molecule has 0 heterocycles. The average Bonchev–Trinajstić information content (AvgIpc) is 2.67. The molecule has 0 saturated carbocycles. The zero-order valence-corrected chi connectivity index (χ0v) is 17.5. The van der Waals surface area contributed by atoms with Crippen LogP contribution in [0.2, 0.25) is 0 Å². The van der Waals surface area contributed by atoms with E-state index in [1.54, 1.807) is 26.8 Å². The number of hydrogen-bond donors (Lipinski definition) is 2. The van der Waals surface area contributed by atoms with Crippen LogP contribution in [0.3, 0.4) is 0 Å². The maximum Gasteiger partial charge on any atom is 0.347 e. The summed E-state index contributed by atoms with van der Waals surface area (Å²) < 4.78 is 15.7. The van der Waals surface area contributed by atoms with E-state index in [0.717, 1.165) is 0 Å². The van der Waals surface area contributed by atoms with Gasteiger partial charge in [-0.3, -0.25) is 0 Å². The molecule has 0 aliphatic carbocycles. The van der Waals surface area contributed by atoms with Gasteiger partial charge in [0.25, 0.3) is 0 Å². The predicted molar refractivity (Wildman–Crippen MR) is 107 cm³/mol. The largest absolute Gasteiger partial charge is 0.507 e. The molecule has 0 saturated heterocycles. The van der Waals surface area contributed by atoms with Gasteiger partial charge in [0.1, 0.15) is 34.1 Å². The molecule has 0 bridgehead atoms. The highest BCUT2D eigenvalue weighted by Crippen LogP contribution is 2.37. The number of phenolic OH excluding ortho intramolecular Hbond substituents is 2. The molecule has 0 aliphatic rings. The van der Waals surface area contributed by atoms with Crippen molar-refractivity contribution in [2.24, 2.45) is 0 Å². The lowest BCUT2D eigenvalue weighted by Gasteiger charge is -2.16. The van der Waals surface area contributed by atoms with Crippen molar-refractivity contribution in [3.05, 3.63) is 45.5 Å². The summed E-state index contributed by atoms with van der Waals surface area (Å²) in [5.74, 6) is -1.41. The van der Waals surface area contributed by atoms with Crippen LogP contribution in [0.15, 0.2) is 12.1 Å². The van der Waals surface area contributed by atoms with Crippen molar-refractivity contribution >= 4 is 11.9 Å². The molecule has 0 spiro atoms. The third-order valence-corrected chi connectivity index (χ3v) is 4.68. The SMILES string of the molecule is CCCOC(=O)c1c(C)cc(OC(=O)c2c(C)cc(OC)c(C)c2O)c(C)c1O. The highest BCUT2D eigenvalue weighted by Gasteiger charge is 2.25. The fraction of sp³-hybridized carbons (Fsp3) is 0.364. The maximum absolute atomic E-state index is 12.7. The van der Waals surface area contributed by atoms with Gasteiger partial charge in [-0.2, -0.15) is 0 Å². The standard InChI is InChI=1S/C22H26O7/c1-7-8-28-21(25)17-12(3)10-16(14(5)20(17)24)29-22(26)18-11(2)9-15(27-6)13(4)19(18)23/h9-10,23-24H,7-8H2,1-6H3. The Hall–Kier alpha value is -3.22. The minimum atomic E-state index is -0.783. The summed E-state index contributed by atoms with van der Waals surface area (Å²) in [6.45, 7) is 8.53. The molecular weight excluding hydrogens is 376 g/mol. The number of ether oxygens (including phenoxy) is 3. The Kier molecular flexibility index (Phi) is 6.74. The van der Waals surface area contributed by atoms with Crippen LogP contribution in [0.1, 0.15) is 56.3 Å². The fourth-order valence-electron chi connectivity index (χ4n) is 2.99. The highest BCUT2D eigenvalue weighted by molar-refractivity contribution is 5.98. The Labute approximate surface area is 169 Å². The van der Waals surface area contributed by atoms with Crippen molar-refractivity contribution in [1.82, 2.24) is 0 Å². The first-order valence-corrected chi connectivity index (χ1v) is 9.23. The molecule has 29 heavy (non-hydrogen) atoms. The van der Waals surface area contributed by atoms with Crippen LogP contribution in [0.25, 0.3) is 0 Å². The zero-order chi connectivity index (χ0) is 21.9. The van der Waals surface area contributed by atoms with Crippen LogP contribution in [0.4, 0.5) is 0 Å². The van der Waals surface area contributed by atoms with Crippen LogP contribution in [-0.4, -0.2) is 35.9 Å². The first-order chi connectivity index (χ1) is 13.6. The van der Waals surface area contributed by atoms with Crippen molar-refractivity contribution in [3.63, 3.8) is 0 Å². The van der Waals surface area contributed by atoms with Crippen LogP contribution >= 0.6 is 0 Å². The topological polar surface area (TPSA) is 102 Å². The molecule has 156 valence electrons. The van der Waals surface area contributed by atoms with Gasteiger partial charge in [0.15, 0.2) is 0 Å². The van der Waals surface area contributed by atoms with Crippen molar-refractivity contribution in [2.75, 3.05) is 13.7 Å². The van der Waals surface area contributed by atoms with Gasteiger partial charge in [-0.05, 0) is 57.4 Å². The molecule has 0 amide bonds. The summed E-state index contributed by atoms with van der Waals surface area (Å²) >= 11 is 0. The monoisotopic (exact) mass is 402 g/mol. The summed E-state index contributed by atoms with van der Waals surface area (Å²) in [6, 6.07) is 3.12. The van der Waals surface area contributed by atoms with E-state index in [2.05, 4.69) is 0 Å². The Bertz CT molecular complexity index is 961. The van der Waals surface area contributed by atoms with E-state index in [-0.39, 0.29) is 40.5 Å². The maximum atomic E-state index is 12.7. The molecule has 2 aromatic rings. The van der Waals surface area contributed by atoms with E-state index >= 15 is 0 Å². The lowest BCUT2D eigenvalue weighted by Crippen LogP contribution is -2.14. The molecule has 7 nitrogen and oxygen atoms in total. The number of carbonyl (C=O) groups excluding carboxylic acids is 2. The van der Waals surface area contributed by atoms with E-state index in [9.17, 15) is 19.8 Å². The average molecular weight is 402 g/mol. The van der Waals surface area contributed by atoms with Crippen molar-refractivity contribution in [3.8, 4) is 23.0 Å². The molecule has 7 heteroatoms. The molecule has 0 aliphatic heterocycles. The second kappa shape index (κ2) is 8.86. The quantitative estimate of drug-likeness (QED) is 0.553. The number of phenols is 2. The first-order valence-electron chi connectivity index (χ1n) is 9.23. The molecule has 0 aromatic heterocycles. The number of esters is 2. The van der Waals surface area contributed by atoms with Crippen molar-refractivity contribution in [2.45, 2.75) is 41.0 Å². The second-order valence-corrected chi connectivity index (χ2v) is 6.81. The van der Waals surface area contributed by atoms with Crippen LogP contribution < -0.4 is 9.47 Å². The van der Waals surface area contributed by atoms with E-state index in [4.69, 9.17) is 14.2 Å². The Morgan fingerprint density at radius 1 is 0.862 bits per heavy atom. The summed E-state index contributed by atoms with van der Waals surface area (Å²) in [5.41, 5.74) is 1.56. The van der Waals surface area contributed by atoms with E-state index < -0.39 is 11.9 Å². The van der Waals surface area contributed by atoms with Gasteiger partial charge < -0.3 is 24.4 Å². The Morgan fingerprint density at radius 2 is 1.34 bits per heavy atom. The number of methoxy groups -OCH3 is 1. The number of aromatic hydroxyl groups is 2. The molecule has 0 unspecified atom stereocenters. The molecule has 0 radical (unpaired) electrons. The fourth-order valence-corrected chi connectivity index (χ4v) is 2.99. The second-order valence-electron chi connectivity index (χ2n) is 6.81. The van der Waals surface area contributed by atoms with Gasteiger partial charge in [-0.15, -0.1) is 0 Å². The lowest BCUT2D eigenvalue weighted by atomic mass is 10.0. The van der Waals surface area contributed by atoms with Gasteiger partial charge in [-0.1, -0.05) is 6.92 Å². The van der Waals surface area contributed by atoms with E-state index in [1.165, 1.54) is 20.1 Å². The smallest absolute Gasteiger partial charge is 0.347 e. The summed E-state index contributed by atoms with van der Waals surface area (Å²) in [5, 5.41) is 20.9. The van der Waals surface area contributed by atoms with E-state index in [0.29, 0.717) is 28.9 Å². The van der Waals surface area contributed by atoms with Crippen molar-refractivity contribution < 1.29 is 34.0 Å². The third-order valence-electron chi connectivity index (χ3n) is 4.68. The molecule has 2 rings (SSSR count). The number of benzene rings is 2. The van der Waals surface area contributed by atoms with Crippen LogP contribution in [-0.2, 0) is 4.74 Å². The Morgan fingerprint density at radius 3 is 1.86 bits per heavy atom. The van der Waals surface area contributed by atoms with Crippen LogP contribution in [0.5, 0.6) is 23.0 Å². The Balaban J connectivity index is 2.42. The van der Waals surface area contributed by atoms with Gasteiger partial charge in [0.2, 0.25) is 0 Å². The molecule has 2 N–H and O–H groups in total. The first kappa shape index (κ1) is 22.1. The van der Waals surface area contributed by atoms with Gasteiger partial charge in [-0.25, -0.2) is 9.59 Å². The number of rotatable bonds is 6. The number of aryl methyl sites for hydroxylation is 2. The molecule has 0 fully saturated rings. The van der Waals surface area contributed by atoms with Gasteiger partial charge >= 0.3 is 11.9 Å². The van der Waals surface area contributed by atoms with Gasteiger partial charge in [0.05, 0.1) is 13.7 Å². The van der Waals surface area contributed by atoms with Crippen LogP contribution in [0, 0.1) is 27.7 Å². The normalized spacial score (nSPS) is 10.6.